The van der Waals surface area contributed by atoms with Crippen molar-refractivity contribution in [2.45, 2.75) is 189 Å². The van der Waals surface area contributed by atoms with Gasteiger partial charge in [0.15, 0.2) is 30.4 Å². The van der Waals surface area contributed by atoms with E-state index in [1.165, 1.54) is 19.2 Å². The first kappa shape index (κ1) is 77.6. The molecule has 3 saturated heterocycles. The number of nitrogens with one attached hydrogen (secondary N) is 3. The fourth-order valence-electron chi connectivity index (χ4n) is 10.2. The zero-order valence-electron chi connectivity index (χ0n) is 53.7. The lowest BCUT2D eigenvalue weighted by atomic mass is 9.99. The lowest BCUT2D eigenvalue weighted by Gasteiger charge is -2.39. The molecular weight excluding hydrogens is 1290 g/mol. The molecule has 6 heterocycles. The van der Waals surface area contributed by atoms with Crippen molar-refractivity contribution in [2.24, 2.45) is 0 Å². The largest absolute Gasteiger partial charge is 0.489 e. The quantitative estimate of drug-likeness (QED) is 0.0145. The molecule has 1 aromatic carbocycles. The molecule has 0 unspecified atom stereocenters. The maximum absolute atomic E-state index is 13.0. The molecule has 0 radical (unpaired) electrons. The summed E-state index contributed by atoms with van der Waals surface area (Å²) in [7, 11) is 1.21. The minimum Gasteiger partial charge on any atom is -0.489 e. The van der Waals surface area contributed by atoms with Gasteiger partial charge in [0.25, 0.3) is 0 Å². The number of methoxy groups -OCH3 is 1. The van der Waals surface area contributed by atoms with Crippen molar-refractivity contribution in [1.82, 2.24) is 60.9 Å². The molecule has 3 fully saturated rings. The van der Waals surface area contributed by atoms with Crippen molar-refractivity contribution in [2.75, 3.05) is 86.2 Å². The Morgan fingerprint density at radius 3 is 1.07 bits per heavy atom. The van der Waals surface area contributed by atoms with Gasteiger partial charge in [-0.15, -0.1) is 15.3 Å². The zero-order chi connectivity index (χ0) is 69.8. The maximum Gasteiger partial charge on any atom is 0.338 e. The van der Waals surface area contributed by atoms with Crippen molar-refractivity contribution < 1.29 is 128 Å². The molecule has 4 aromatic rings. The molecule has 3 aliphatic rings. The Morgan fingerprint density at radius 2 is 0.763 bits per heavy atom. The van der Waals surface area contributed by atoms with Crippen molar-refractivity contribution in [3.8, 4) is 17.2 Å². The summed E-state index contributed by atoms with van der Waals surface area (Å²) < 4.78 is 61.0. The van der Waals surface area contributed by atoms with Crippen LogP contribution in [0.1, 0.15) is 85.2 Å². The van der Waals surface area contributed by atoms with Crippen molar-refractivity contribution in [1.29, 1.82) is 0 Å². The lowest BCUT2D eigenvalue weighted by Crippen LogP contribution is -2.59. The van der Waals surface area contributed by atoms with E-state index in [1.807, 2.05) is 0 Å². The molecule has 0 bridgehead atoms. The molecule has 544 valence electrons. The number of ether oxygens (including phenoxy) is 10. The van der Waals surface area contributed by atoms with E-state index in [4.69, 9.17) is 47.4 Å². The van der Waals surface area contributed by atoms with Gasteiger partial charge in [-0.25, -0.2) is 4.79 Å². The molecule has 38 heteroatoms. The molecule has 15 N–H and O–H groups in total. The second kappa shape index (κ2) is 40.3. The van der Waals surface area contributed by atoms with Crippen LogP contribution < -0.4 is 30.2 Å². The molecular formula is C59H92N12O26. The Balaban J connectivity index is 0.846. The summed E-state index contributed by atoms with van der Waals surface area (Å²) in [5.41, 5.74) is 1.75. The number of aliphatic hydroxyl groups is 12. The van der Waals surface area contributed by atoms with Crippen LogP contribution in [0.4, 0.5) is 0 Å². The number of rotatable bonds is 43. The van der Waals surface area contributed by atoms with E-state index in [-0.39, 0.29) is 138 Å². The Morgan fingerprint density at radius 1 is 0.443 bits per heavy atom. The number of aliphatic hydroxyl groups excluding tert-OH is 12. The Kier molecular flexibility index (Phi) is 32.2. The van der Waals surface area contributed by atoms with Gasteiger partial charge in [0.2, 0.25) is 23.5 Å². The van der Waals surface area contributed by atoms with Crippen molar-refractivity contribution >= 4 is 23.7 Å². The summed E-state index contributed by atoms with van der Waals surface area (Å²) in [5, 5.41) is 152. The second-order valence-corrected chi connectivity index (χ2v) is 23.1. The van der Waals surface area contributed by atoms with E-state index < -0.39 is 118 Å². The van der Waals surface area contributed by atoms with Crippen LogP contribution in [0.5, 0.6) is 17.2 Å². The fraction of sp³-hybridized carbons (Fsp3) is 0.729. The third-order valence-electron chi connectivity index (χ3n) is 15.7. The van der Waals surface area contributed by atoms with Crippen molar-refractivity contribution in [3.63, 3.8) is 0 Å². The van der Waals surface area contributed by atoms with E-state index in [1.54, 1.807) is 32.6 Å². The second-order valence-electron chi connectivity index (χ2n) is 23.1. The van der Waals surface area contributed by atoms with Gasteiger partial charge in [-0.1, -0.05) is 15.6 Å². The average Bonchev–Trinajstić information content (AvgIpc) is 1.54. The molecule has 38 nitrogen and oxygen atoms in total. The van der Waals surface area contributed by atoms with Gasteiger partial charge in [0.1, 0.15) is 73.2 Å². The number of aromatic nitrogens is 9. The summed E-state index contributed by atoms with van der Waals surface area (Å²) in [6.07, 6.45) is -12.4. The predicted octanol–water partition coefficient (Wildman–Crippen LogP) is -6.58. The predicted molar refractivity (Wildman–Crippen MR) is 325 cm³/mol. The third kappa shape index (κ3) is 24.0. The first-order chi connectivity index (χ1) is 46.8. The number of amides is 3. The monoisotopic (exact) mass is 1380 g/mol. The number of carbonyl (C=O) groups excluding carboxylic acids is 4. The van der Waals surface area contributed by atoms with Gasteiger partial charge >= 0.3 is 5.97 Å². The first-order valence-corrected chi connectivity index (χ1v) is 32.2. The highest BCUT2D eigenvalue weighted by Gasteiger charge is 2.46. The summed E-state index contributed by atoms with van der Waals surface area (Å²) in [6, 6.07) is 2.87. The van der Waals surface area contributed by atoms with E-state index >= 15 is 0 Å². The van der Waals surface area contributed by atoms with E-state index in [2.05, 4.69) is 46.9 Å². The molecule has 0 saturated carbocycles. The maximum atomic E-state index is 13.0. The van der Waals surface area contributed by atoms with E-state index in [9.17, 15) is 80.5 Å². The van der Waals surface area contributed by atoms with Crippen LogP contribution in [0.3, 0.4) is 0 Å². The van der Waals surface area contributed by atoms with Gasteiger partial charge in [-0.05, 0) is 50.7 Å². The number of hydrogen-bond acceptors (Lipinski definition) is 32. The normalized spacial score (nSPS) is 25.7. The van der Waals surface area contributed by atoms with Crippen molar-refractivity contribution in [3.05, 3.63) is 53.4 Å². The number of aryl methyl sites for hydroxylation is 6. The molecule has 97 heavy (non-hydrogen) atoms. The van der Waals surface area contributed by atoms with Gasteiger partial charge < -0.3 is 125 Å². The molecule has 3 aliphatic heterocycles. The smallest absolute Gasteiger partial charge is 0.338 e. The Bertz CT molecular complexity index is 2870. The molecule has 0 aliphatic carbocycles. The number of hydrogen-bond donors (Lipinski definition) is 15. The fourth-order valence-corrected chi connectivity index (χ4v) is 10.2. The van der Waals surface area contributed by atoms with Crippen LogP contribution in [0, 0.1) is 0 Å². The summed E-state index contributed by atoms with van der Waals surface area (Å²) in [4.78, 5) is 51.7. The van der Waals surface area contributed by atoms with Crippen LogP contribution in [-0.2, 0) is 86.4 Å². The molecule has 15 atom stereocenters. The van der Waals surface area contributed by atoms with Crippen LogP contribution >= 0.6 is 0 Å². The number of esters is 1. The first-order valence-electron chi connectivity index (χ1n) is 32.2. The molecule has 3 amide bonds. The van der Waals surface area contributed by atoms with Gasteiger partial charge in [-0.3, -0.25) is 28.4 Å². The molecule has 7 rings (SSSR count). The van der Waals surface area contributed by atoms with E-state index in [0.29, 0.717) is 75.2 Å². The Hall–Kier alpha value is -6.80. The summed E-state index contributed by atoms with van der Waals surface area (Å²) in [6.45, 7) is 0.379. The van der Waals surface area contributed by atoms with Crippen LogP contribution in [0.25, 0.3) is 0 Å². The highest BCUT2D eigenvalue weighted by Crippen LogP contribution is 2.40. The SMILES string of the molecule is COC(=O)c1cc(OCCCNC(=O)CCc2cn(CCCO[C@@H]3O[C@H](CO)[C@H](O)[C@H](O)[C@H]3O)nn2)c(OCCCNC(=O)CCc2cn(CCCO[C@@H]3O[C@H](CO)[C@H](O)[C@H](O)[C@H]3O)nn2)c(OCCCNC(=O)CCc2cn(CCCO[C@@H]3O[C@H](CO)[C@H](O)[C@H](O)[C@H]3O)nn2)c1. The minimum absolute atomic E-state index is 0.0464. The lowest BCUT2D eigenvalue weighted by molar-refractivity contribution is -0.301. The zero-order valence-corrected chi connectivity index (χ0v) is 53.7. The Labute approximate surface area is 556 Å². The molecule has 3 aromatic heterocycles. The standard InChI is InChI=1S/C59H92N12O26/c1-88-56(87)34-26-38(89-20-2-14-60-43(75)11-8-35-28-69(66-63-35)17-5-23-92-57-52(84)49(81)46(78)40(31-72)95-57)55(91-22-4-16-62-45(77)13-10-37-30-71(68-65-37)19-7-25-94-59-54(86)51(83)48(80)42(33-74)97-59)39(27-34)90-21-3-15-61-44(76)12-9-36-29-70(67-64-36)18-6-24-93-58-53(85)50(82)47(79)41(32-73)96-58/h26-30,40-42,46-54,57-59,72-74,78-86H,2-25,31-33H2,1H3,(H,60,75)(H,61,76)(H,62,77)/t40-,41-,42-,46+,47+,48+,49+,50+,51+,52-,53-,54-,57-,58-,59-/m1/s1. The third-order valence-corrected chi connectivity index (χ3v) is 15.7. The number of benzene rings is 1. The van der Waals surface area contributed by atoms with Crippen LogP contribution in [0.2, 0.25) is 0 Å². The summed E-state index contributed by atoms with van der Waals surface area (Å²) in [5.74, 6) is -1.11. The highest BCUT2D eigenvalue weighted by atomic mass is 16.7. The topological polar surface area (TPSA) is 532 Å². The minimum atomic E-state index is -1.56. The van der Waals surface area contributed by atoms with Gasteiger partial charge in [0, 0.05) is 96.4 Å². The van der Waals surface area contributed by atoms with Crippen LogP contribution in [-0.4, -0.2) is 308 Å². The van der Waals surface area contributed by atoms with Crippen LogP contribution in [0.15, 0.2) is 30.7 Å². The summed E-state index contributed by atoms with van der Waals surface area (Å²) >= 11 is 0. The molecule has 0 spiro atoms. The van der Waals surface area contributed by atoms with Gasteiger partial charge in [0.05, 0.1) is 89.2 Å². The number of nitrogens with zero attached hydrogens (tertiary/aromatic N) is 9. The highest BCUT2D eigenvalue weighted by molar-refractivity contribution is 5.91. The van der Waals surface area contributed by atoms with Gasteiger partial charge in [-0.2, -0.15) is 0 Å². The average molecular weight is 1390 g/mol. The van der Waals surface area contributed by atoms with E-state index in [0.717, 1.165) is 0 Å². The number of carbonyl (C=O) groups is 4.